The molecule has 0 heterocycles. The lowest BCUT2D eigenvalue weighted by molar-refractivity contribution is -0.121. The Morgan fingerprint density at radius 3 is 2.14 bits per heavy atom. The minimum atomic E-state index is -0.222. The average molecular weight is 508 g/mol. The Bertz CT molecular complexity index is 1090. The quantitative estimate of drug-likeness (QED) is 0.365. The number of nitrogens with zero attached hydrogens (tertiary/aromatic N) is 4. The van der Waals surface area contributed by atoms with Gasteiger partial charge in [-0.2, -0.15) is 5.10 Å². The number of carbonyl (C=O) groups is 1. The van der Waals surface area contributed by atoms with Crippen molar-refractivity contribution >= 4 is 18.3 Å². The van der Waals surface area contributed by atoms with E-state index in [1.165, 1.54) is 11.8 Å². The Morgan fingerprint density at radius 1 is 0.946 bits per heavy atom. The number of amides is 1. The van der Waals surface area contributed by atoms with Gasteiger partial charge in [0.2, 0.25) is 0 Å². The summed E-state index contributed by atoms with van der Waals surface area (Å²) in [7, 11) is 5.76. The number of phenols is 1. The fraction of sp³-hybridized carbons (Fsp3) is 0.500. The van der Waals surface area contributed by atoms with Gasteiger partial charge < -0.3 is 10.0 Å². The molecule has 0 aliphatic heterocycles. The standard InChI is InChI=1S/C30H45N5O2/c1-29(2,3)25-16-24(28(37)26(17-25)30(4,5)6)19-32-33-27(36)21-35(9)15-14-34(8)20-23-12-10-22(11-13-23)18-31-7/h10-13,16-19,37H,14-15,20-21H2,1-9H3,(H,33,36)/b31-18?,32-19+. The molecule has 0 aliphatic rings. The van der Waals surface area contributed by atoms with Crippen molar-refractivity contribution in [2.24, 2.45) is 10.1 Å². The number of aromatic hydroxyl groups is 1. The first-order valence-corrected chi connectivity index (χ1v) is 12.8. The first-order chi connectivity index (χ1) is 17.2. The zero-order valence-corrected chi connectivity index (χ0v) is 24.1. The number of aliphatic imine (C=N–C) groups is 1. The fourth-order valence-electron chi connectivity index (χ4n) is 3.88. The Kier molecular flexibility index (Phi) is 10.6. The average Bonchev–Trinajstić information content (AvgIpc) is 2.78. The SMILES string of the molecule is CN=Cc1ccc(CN(C)CCN(C)CC(=O)N/N=C/c2cc(C(C)(C)C)cc(C(C)(C)C)c2O)cc1. The van der Waals surface area contributed by atoms with Crippen LogP contribution in [0.25, 0.3) is 0 Å². The highest BCUT2D eigenvalue weighted by atomic mass is 16.3. The van der Waals surface area contributed by atoms with E-state index in [4.69, 9.17) is 0 Å². The zero-order chi connectivity index (χ0) is 27.8. The second kappa shape index (κ2) is 13.0. The van der Waals surface area contributed by atoms with Crippen LogP contribution < -0.4 is 5.43 Å². The van der Waals surface area contributed by atoms with E-state index >= 15 is 0 Å². The van der Waals surface area contributed by atoms with Gasteiger partial charge in [0.15, 0.2) is 0 Å². The van der Waals surface area contributed by atoms with Crippen LogP contribution >= 0.6 is 0 Å². The topological polar surface area (TPSA) is 80.5 Å². The van der Waals surface area contributed by atoms with Crippen molar-refractivity contribution in [3.8, 4) is 5.75 Å². The van der Waals surface area contributed by atoms with Gasteiger partial charge in [-0.25, -0.2) is 5.43 Å². The summed E-state index contributed by atoms with van der Waals surface area (Å²) in [5.41, 5.74) is 7.20. The molecular formula is C30H45N5O2. The maximum atomic E-state index is 12.4. The van der Waals surface area contributed by atoms with Crippen molar-refractivity contribution < 1.29 is 9.90 Å². The zero-order valence-electron chi connectivity index (χ0n) is 24.1. The van der Waals surface area contributed by atoms with E-state index in [9.17, 15) is 9.90 Å². The number of carbonyl (C=O) groups excluding carboxylic acids is 1. The van der Waals surface area contributed by atoms with E-state index in [1.54, 1.807) is 7.05 Å². The molecule has 0 unspecified atom stereocenters. The molecule has 2 aromatic carbocycles. The van der Waals surface area contributed by atoms with E-state index in [1.807, 2.05) is 24.2 Å². The molecule has 0 fully saturated rings. The third kappa shape index (κ3) is 9.74. The van der Waals surface area contributed by atoms with Gasteiger partial charge in [0, 0.05) is 44.0 Å². The molecule has 2 N–H and O–H groups in total. The second-order valence-electron chi connectivity index (χ2n) is 11.9. The molecule has 0 atom stereocenters. The molecule has 37 heavy (non-hydrogen) atoms. The molecule has 0 saturated carbocycles. The fourth-order valence-corrected chi connectivity index (χ4v) is 3.88. The summed E-state index contributed by atoms with van der Waals surface area (Å²) in [6, 6.07) is 12.4. The first-order valence-electron chi connectivity index (χ1n) is 12.8. The maximum absolute atomic E-state index is 12.4. The maximum Gasteiger partial charge on any atom is 0.254 e. The summed E-state index contributed by atoms with van der Waals surface area (Å²) in [4.78, 5) is 20.7. The lowest BCUT2D eigenvalue weighted by Crippen LogP contribution is -2.37. The number of benzene rings is 2. The number of phenolic OH excluding ortho intramolecular Hbond substituents is 1. The molecule has 1 amide bonds. The minimum Gasteiger partial charge on any atom is -0.507 e. The van der Waals surface area contributed by atoms with Crippen LogP contribution in [0.2, 0.25) is 0 Å². The van der Waals surface area contributed by atoms with Gasteiger partial charge >= 0.3 is 0 Å². The van der Waals surface area contributed by atoms with Crippen LogP contribution in [0.1, 0.15) is 69.4 Å². The molecular weight excluding hydrogens is 462 g/mol. The Hall–Kier alpha value is -3.03. The molecule has 0 aliphatic carbocycles. The lowest BCUT2D eigenvalue weighted by Gasteiger charge is -2.26. The molecule has 202 valence electrons. The van der Waals surface area contributed by atoms with Crippen LogP contribution in [-0.4, -0.2) is 74.0 Å². The normalized spacial score (nSPS) is 12.8. The summed E-state index contributed by atoms with van der Waals surface area (Å²) in [6.45, 7) is 15.3. The number of hydrogen-bond acceptors (Lipinski definition) is 6. The summed E-state index contributed by atoms with van der Waals surface area (Å²) in [5, 5.41) is 15.0. The Balaban J connectivity index is 1.90. The summed E-state index contributed by atoms with van der Waals surface area (Å²) >= 11 is 0. The van der Waals surface area contributed by atoms with Crippen molar-refractivity contribution in [1.82, 2.24) is 15.2 Å². The number of hydrogen-bond donors (Lipinski definition) is 2. The lowest BCUT2D eigenvalue weighted by atomic mass is 9.79. The predicted octanol–water partition coefficient (Wildman–Crippen LogP) is 4.55. The molecule has 0 spiro atoms. The van der Waals surface area contributed by atoms with Crippen LogP contribution in [-0.2, 0) is 22.2 Å². The Labute approximate surface area is 223 Å². The highest BCUT2D eigenvalue weighted by Gasteiger charge is 2.24. The van der Waals surface area contributed by atoms with Gasteiger partial charge in [0.1, 0.15) is 5.75 Å². The highest BCUT2D eigenvalue weighted by molar-refractivity contribution is 5.86. The van der Waals surface area contributed by atoms with Crippen LogP contribution in [0.3, 0.4) is 0 Å². The number of nitrogens with one attached hydrogen (secondary N) is 1. The van der Waals surface area contributed by atoms with Crippen molar-refractivity contribution in [3.05, 3.63) is 64.2 Å². The van der Waals surface area contributed by atoms with E-state index in [2.05, 4.69) is 99.3 Å². The molecule has 2 aromatic rings. The third-order valence-electron chi connectivity index (χ3n) is 6.19. The van der Waals surface area contributed by atoms with Crippen LogP contribution in [0.4, 0.5) is 0 Å². The van der Waals surface area contributed by atoms with Gasteiger partial charge in [-0.05, 0) is 47.7 Å². The largest absolute Gasteiger partial charge is 0.507 e. The van der Waals surface area contributed by atoms with Gasteiger partial charge in [-0.15, -0.1) is 0 Å². The summed E-state index contributed by atoms with van der Waals surface area (Å²) < 4.78 is 0. The second-order valence-corrected chi connectivity index (χ2v) is 11.9. The predicted molar refractivity (Wildman–Crippen MR) is 155 cm³/mol. The van der Waals surface area contributed by atoms with E-state index in [0.717, 1.165) is 36.3 Å². The van der Waals surface area contributed by atoms with E-state index < -0.39 is 0 Å². The van der Waals surface area contributed by atoms with Gasteiger partial charge in [-0.3, -0.25) is 14.7 Å². The number of likely N-dealkylation sites (N-methyl/N-ethyl adjacent to an activating group) is 2. The van der Waals surface area contributed by atoms with Crippen molar-refractivity contribution in [2.45, 2.75) is 58.9 Å². The molecule has 0 saturated heterocycles. The monoisotopic (exact) mass is 507 g/mol. The Morgan fingerprint density at radius 2 is 1.57 bits per heavy atom. The van der Waals surface area contributed by atoms with Crippen LogP contribution in [0.15, 0.2) is 46.5 Å². The molecule has 2 rings (SSSR count). The van der Waals surface area contributed by atoms with Crippen LogP contribution in [0.5, 0.6) is 5.75 Å². The van der Waals surface area contributed by atoms with Gasteiger partial charge in [0.25, 0.3) is 5.91 Å². The van der Waals surface area contributed by atoms with Crippen LogP contribution in [0, 0.1) is 0 Å². The summed E-state index contributed by atoms with van der Waals surface area (Å²) in [6.07, 6.45) is 3.37. The van der Waals surface area contributed by atoms with Crippen molar-refractivity contribution in [1.29, 1.82) is 0 Å². The summed E-state index contributed by atoms with van der Waals surface area (Å²) in [5.74, 6) is 0.00359. The number of rotatable bonds is 10. The van der Waals surface area contributed by atoms with Gasteiger partial charge in [0.05, 0.1) is 12.8 Å². The number of hydrazone groups is 1. The highest BCUT2D eigenvalue weighted by Crippen LogP contribution is 2.37. The van der Waals surface area contributed by atoms with Crippen molar-refractivity contribution in [3.63, 3.8) is 0 Å². The molecule has 7 heteroatoms. The van der Waals surface area contributed by atoms with Gasteiger partial charge in [-0.1, -0.05) is 71.9 Å². The molecule has 7 nitrogen and oxygen atoms in total. The van der Waals surface area contributed by atoms with E-state index in [0.29, 0.717) is 5.56 Å². The van der Waals surface area contributed by atoms with E-state index in [-0.39, 0.29) is 29.0 Å². The molecule has 0 bridgehead atoms. The third-order valence-corrected chi connectivity index (χ3v) is 6.19. The first kappa shape index (κ1) is 30.2. The minimum absolute atomic E-state index is 0.0806. The van der Waals surface area contributed by atoms with Crippen molar-refractivity contribution in [2.75, 3.05) is 40.8 Å². The molecule has 0 radical (unpaired) electrons. The smallest absolute Gasteiger partial charge is 0.254 e. The molecule has 0 aromatic heterocycles.